The molecule has 0 radical (unpaired) electrons. The highest BCUT2D eigenvalue weighted by Gasteiger charge is 2.34. The van der Waals surface area contributed by atoms with Gasteiger partial charge in [-0.2, -0.15) is 0 Å². The van der Waals surface area contributed by atoms with E-state index < -0.39 is 35.3 Å². The van der Waals surface area contributed by atoms with E-state index >= 15 is 0 Å². The molecule has 0 heterocycles. The summed E-state index contributed by atoms with van der Waals surface area (Å²) in [7, 11) is 0. The normalized spacial score (nSPS) is 24.3. The molecule has 3 N–H and O–H groups in total. The average molecular weight is 535 g/mol. The number of carbonyl (C=O) groups excluding carboxylic acids is 3. The Morgan fingerprint density at radius 2 is 1.14 bits per heavy atom. The Kier molecular flexibility index (Phi) is 12.8. The first-order valence-electron chi connectivity index (χ1n) is 12.6. The van der Waals surface area contributed by atoms with Crippen molar-refractivity contribution in [2.75, 3.05) is 6.07 Å². The predicted octanol–water partition coefficient (Wildman–Crippen LogP) is 4.96. The van der Waals surface area contributed by atoms with Crippen LogP contribution >= 0.6 is 11.6 Å². The zero-order valence-electron chi connectivity index (χ0n) is 22.4. The fraction of sp³-hybridized carbons (Fsp3) is 0.840. The number of rotatable bonds is 5. The summed E-state index contributed by atoms with van der Waals surface area (Å²) in [6, 6.07) is -0.704. The number of carbonyl (C=O) groups is 4. The van der Waals surface area contributed by atoms with E-state index in [1.54, 1.807) is 41.5 Å². The van der Waals surface area contributed by atoms with Gasteiger partial charge in [0, 0.05) is 12.1 Å². The highest BCUT2D eigenvalue weighted by Crippen LogP contribution is 2.26. The van der Waals surface area contributed by atoms with Gasteiger partial charge in [0.15, 0.2) is 6.07 Å². The zero-order chi connectivity index (χ0) is 27.5. The smallest absolute Gasteiger partial charge is 0.407 e. The van der Waals surface area contributed by atoms with Gasteiger partial charge in [-0.15, -0.1) is 0 Å². The van der Waals surface area contributed by atoms with E-state index in [0.717, 1.165) is 32.1 Å². The van der Waals surface area contributed by atoms with Crippen molar-refractivity contribution >= 4 is 35.7 Å². The van der Waals surface area contributed by atoms with Crippen LogP contribution in [-0.4, -0.2) is 58.6 Å². The molecule has 2 amide bonds. The summed E-state index contributed by atoms with van der Waals surface area (Å²) >= 11 is 5.40. The van der Waals surface area contributed by atoms with Crippen molar-refractivity contribution in [3.05, 3.63) is 0 Å². The van der Waals surface area contributed by atoms with Crippen molar-refractivity contribution < 1.29 is 38.5 Å². The van der Waals surface area contributed by atoms with Crippen molar-refractivity contribution in [1.82, 2.24) is 10.6 Å². The second-order valence-corrected chi connectivity index (χ2v) is 11.4. The van der Waals surface area contributed by atoms with Gasteiger partial charge in [-0.25, -0.2) is 9.59 Å². The molecule has 2 aliphatic carbocycles. The van der Waals surface area contributed by atoms with Crippen LogP contribution < -0.4 is 10.6 Å². The zero-order valence-corrected chi connectivity index (χ0v) is 23.1. The number of esters is 1. The predicted molar refractivity (Wildman–Crippen MR) is 135 cm³/mol. The molecule has 36 heavy (non-hydrogen) atoms. The molecule has 0 saturated heterocycles. The topological polar surface area (TPSA) is 140 Å². The molecule has 0 aromatic heterocycles. The standard InChI is InChI=1S/C13H22ClNO4.C12H21NO4/c1-13(2,3)19-12(17)15-10-7-5-4-6-9(10)11(16)18-8-14;1-12(2,3)17-11(16)13-9-7-5-4-6-8(9)10(14)15/h9-10H,4-8H2,1-3H3,(H,15,17);8-9H,4-7H2,1-3H3,(H,13,16)(H,14,15)/t9-,10-;8-,9-/m11/s1. The Labute approximate surface area is 219 Å². The van der Waals surface area contributed by atoms with Gasteiger partial charge in [-0.1, -0.05) is 37.3 Å². The number of amides is 2. The largest absolute Gasteiger partial charge is 0.481 e. The molecule has 0 aliphatic heterocycles. The van der Waals surface area contributed by atoms with Crippen LogP contribution in [0.15, 0.2) is 0 Å². The fourth-order valence-corrected chi connectivity index (χ4v) is 4.37. The quantitative estimate of drug-likeness (QED) is 0.255. The minimum atomic E-state index is -0.842. The third kappa shape index (κ3) is 12.6. The van der Waals surface area contributed by atoms with Gasteiger partial charge in [-0.3, -0.25) is 9.59 Å². The van der Waals surface area contributed by atoms with Crippen LogP contribution in [0.1, 0.15) is 92.9 Å². The number of alkyl carbamates (subject to hydrolysis) is 2. The maximum Gasteiger partial charge on any atom is 0.407 e. The van der Waals surface area contributed by atoms with Gasteiger partial charge >= 0.3 is 24.1 Å². The molecule has 2 aliphatic rings. The van der Waals surface area contributed by atoms with Gasteiger partial charge < -0.3 is 30.0 Å². The van der Waals surface area contributed by atoms with Gasteiger partial charge in [0.25, 0.3) is 0 Å². The van der Waals surface area contributed by atoms with E-state index in [-0.39, 0.29) is 30.0 Å². The van der Waals surface area contributed by atoms with Crippen LogP contribution in [0, 0.1) is 11.8 Å². The van der Waals surface area contributed by atoms with Crippen LogP contribution in [-0.2, 0) is 23.8 Å². The fourth-order valence-electron chi connectivity index (χ4n) is 4.26. The molecule has 4 atom stereocenters. The molecule has 0 unspecified atom stereocenters. The average Bonchev–Trinajstić information content (AvgIpc) is 2.72. The van der Waals surface area contributed by atoms with Crippen LogP contribution in [0.4, 0.5) is 9.59 Å². The first-order chi connectivity index (χ1) is 16.6. The molecule has 0 bridgehead atoms. The molecule has 208 valence electrons. The second-order valence-electron chi connectivity index (χ2n) is 11.2. The van der Waals surface area contributed by atoms with Crippen LogP contribution in [0.2, 0.25) is 0 Å². The summed E-state index contributed by atoms with van der Waals surface area (Å²) in [6.07, 6.45) is 5.54. The molecule has 0 aromatic carbocycles. The van der Waals surface area contributed by atoms with E-state index in [1.165, 1.54) is 0 Å². The lowest BCUT2D eigenvalue weighted by Crippen LogP contribution is -2.47. The third-order valence-electron chi connectivity index (χ3n) is 5.75. The summed E-state index contributed by atoms with van der Waals surface area (Å²) in [4.78, 5) is 46.1. The summed E-state index contributed by atoms with van der Waals surface area (Å²) in [5.74, 6) is -2.02. The Morgan fingerprint density at radius 1 is 0.750 bits per heavy atom. The van der Waals surface area contributed by atoms with Crippen molar-refractivity contribution in [3.63, 3.8) is 0 Å². The highest BCUT2D eigenvalue weighted by atomic mass is 35.5. The summed E-state index contributed by atoms with van der Waals surface area (Å²) in [6.45, 7) is 10.7. The van der Waals surface area contributed by atoms with Crippen molar-refractivity contribution in [2.24, 2.45) is 11.8 Å². The number of carboxylic acid groups (broad SMARTS) is 1. The molecule has 2 rings (SSSR count). The minimum absolute atomic E-state index is 0.158. The Morgan fingerprint density at radius 3 is 1.53 bits per heavy atom. The van der Waals surface area contributed by atoms with Crippen LogP contribution in [0.5, 0.6) is 0 Å². The van der Waals surface area contributed by atoms with Gasteiger partial charge in [-0.05, 0) is 67.2 Å². The summed E-state index contributed by atoms with van der Waals surface area (Å²) in [5.41, 5.74) is -1.11. The second kappa shape index (κ2) is 14.5. The van der Waals surface area contributed by atoms with E-state index in [2.05, 4.69) is 10.6 Å². The Bertz CT molecular complexity index is 747. The summed E-state index contributed by atoms with van der Waals surface area (Å²) < 4.78 is 15.2. The van der Waals surface area contributed by atoms with E-state index in [9.17, 15) is 19.2 Å². The number of hydrogen-bond acceptors (Lipinski definition) is 7. The molecule has 2 fully saturated rings. The number of halogens is 1. The van der Waals surface area contributed by atoms with Crippen molar-refractivity contribution in [2.45, 2.75) is 116 Å². The Hall–Kier alpha value is -2.23. The number of aliphatic carboxylic acids is 1. The molecule has 0 aromatic rings. The minimum Gasteiger partial charge on any atom is -0.481 e. The lowest BCUT2D eigenvalue weighted by molar-refractivity contribution is -0.148. The SMILES string of the molecule is CC(C)(C)OC(=O)N[C@@H]1CCCC[C@H]1C(=O)O.CC(C)(C)OC(=O)N[C@@H]1CCCC[C@H]1C(=O)OCCl. The molecular weight excluding hydrogens is 492 g/mol. The van der Waals surface area contributed by atoms with Crippen molar-refractivity contribution in [3.8, 4) is 0 Å². The maximum absolute atomic E-state index is 11.8. The number of nitrogens with one attached hydrogen (secondary N) is 2. The molecule has 2 saturated carbocycles. The molecule has 10 nitrogen and oxygen atoms in total. The molecular formula is C25H43ClN2O8. The van der Waals surface area contributed by atoms with Crippen LogP contribution in [0.3, 0.4) is 0 Å². The van der Waals surface area contributed by atoms with Crippen LogP contribution in [0.25, 0.3) is 0 Å². The van der Waals surface area contributed by atoms with Gasteiger partial charge in [0.2, 0.25) is 0 Å². The lowest BCUT2D eigenvalue weighted by Gasteiger charge is -2.31. The summed E-state index contributed by atoms with van der Waals surface area (Å²) in [5, 5.41) is 14.5. The van der Waals surface area contributed by atoms with E-state index in [0.29, 0.717) is 19.3 Å². The van der Waals surface area contributed by atoms with E-state index in [4.69, 9.17) is 30.9 Å². The maximum atomic E-state index is 11.8. The third-order valence-corrected chi connectivity index (χ3v) is 5.86. The first kappa shape index (κ1) is 31.8. The number of alkyl halides is 1. The first-order valence-corrected chi connectivity index (χ1v) is 13.1. The Balaban J connectivity index is 0.000000362. The molecule has 11 heteroatoms. The van der Waals surface area contributed by atoms with Crippen molar-refractivity contribution in [1.29, 1.82) is 0 Å². The highest BCUT2D eigenvalue weighted by molar-refractivity contribution is 6.17. The van der Waals surface area contributed by atoms with Gasteiger partial charge in [0.05, 0.1) is 11.8 Å². The molecule has 0 spiro atoms. The van der Waals surface area contributed by atoms with Gasteiger partial charge in [0.1, 0.15) is 11.2 Å². The monoisotopic (exact) mass is 534 g/mol. The number of hydrogen-bond donors (Lipinski definition) is 3. The van der Waals surface area contributed by atoms with E-state index in [1.807, 2.05) is 0 Å². The lowest BCUT2D eigenvalue weighted by atomic mass is 9.84. The number of ether oxygens (including phenoxy) is 3. The number of carboxylic acids is 1.